The summed E-state index contributed by atoms with van der Waals surface area (Å²) < 4.78 is 14.0. The summed E-state index contributed by atoms with van der Waals surface area (Å²) in [7, 11) is 0. The lowest BCUT2D eigenvalue weighted by molar-refractivity contribution is -0.148. The van der Waals surface area contributed by atoms with Crippen molar-refractivity contribution in [3.05, 3.63) is 35.6 Å². The Bertz CT molecular complexity index is 602. The van der Waals surface area contributed by atoms with E-state index in [0.29, 0.717) is 37.9 Å². The Hall–Kier alpha value is -1.75. The average Bonchev–Trinajstić information content (AvgIpc) is 2.56. The third-order valence-corrected chi connectivity index (χ3v) is 4.64. The molecule has 1 amide bonds. The number of benzene rings is 1. The fraction of sp³-hybridized carbons (Fsp3) is 0.579. The van der Waals surface area contributed by atoms with E-state index in [-0.39, 0.29) is 30.5 Å². The summed E-state index contributed by atoms with van der Waals surface area (Å²) in [5, 5.41) is 9.93. The maximum absolute atomic E-state index is 14.0. The number of carbonyl (C=O) groups is 2. The lowest BCUT2D eigenvalue weighted by Gasteiger charge is -2.41. The lowest BCUT2D eigenvalue weighted by atomic mass is 9.75. The number of carbonyl (C=O) groups excluding carboxylic acids is 2. The zero-order chi connectivity index (χ0) is 17.7. The van der Waals surface area contributed by atoms with Gasteiger partial charge in [0.1, 0.15) is 5.82 Å². The first-order chi connectivity index (χ1) is 11.4. The van der Waals surface area contributed by atoms with Crippen LogP contribution in [0.3, 0.4) is 0 Å². The van der Waals surface area contributed by atoms with Gasteiger partial charge in [-0.3, -0.25) is 9.59 Å². The standard InChI is InChI=1S/C19H26FNO3/c1-14(2)10-17(23)18(24)21-9-5-8-19(12-21,13-22)11-15-6-3-4-7-16(15)20/h3-4,6-7,14,22H,5,8-13H2,1-2H3/t19-/m0/s1. The van der Waals surface area contributed by atoms with Crippen molar-refractivity contribution in [2.24, 2.45) is 11.3 Å². The Labute approximate surface area is 142 Å². The molecule has 1 aromatic rings. The van der Waals surface area contributed by atoms with Crippen LogP contribution in [0.25, 0.3) is 0 Å². The Morgan fingerprint density at radius 3 is 2.67 bits per heavy atom. The molecule has 0 saturated carbocycles. The zero-order valence-corrected chi connectivity index (χ0v) is 14.4. The molecule has 132 valence electrons. The Morgan fingerprint density at radius 1 is 1.33 bits per heavy atom. The summed E-state index contributed by atoms with van der Waals surface area (Å²) in [6.45, 7) is 4.47. The summed E-state index contributed by atoms with van der Waals surface area (Å²) in [5.41, 5.74) is -0.0526. The Morgan fingerprint density at radius 2 is 2.04 bits per heavy atom. The van der Waals surface area contributed by atoms with Crippen molar-refractivity contribution >= 4 is 11.7 Å². The predicted molar refractivity (Wildman–Crippen MR) is 89.9 cm³/mol. The number of aliphatic hydroxyl groups is 1. The number of likely N-dealkylation sites (tertiary alicyclic amines) is 1. The smallest absolute Gasteiger partial charge is 0.289 e. The molecule has 0 unspecified atom stereocenters. The minimum Gasteiger partial charge on any atom is -0.396 e. The molecule has 5 heteroatoms. The summed E-state index contributed by atoms with van der Waals surface area (Å²) in [4.78, 5) is 26.0. The first-order valence-electron chi connectivity index (χ1n) is 8.53. The molecule has 4 nitrogen and oxygen atoms in total. The molecule has 1 saturated heterocycles. The average molecular weight is 335 g/mol. The number of hydrogen-bond donors (Lipinski definition) is 1. The molecule has 0 radical (unpaired) electrons. The normalized spacial score (nSPS) is 21.1. The fourth-order valence-corrected chi connectivity index (χ4v) is 3.39. The van der Waals surface area contributed by atoms with Gasteiger partial charge in [0.2, 0.25) is 5.78 Å². The van der Waals surface area contributed by atoms with Crippen LogP contribution in [0, 0.1) is 17.2 Å². The molecule has 0 aliphatic carbocycles. The first kappa shape index (κ1) is 18.6. The van der Waals surface area contributed by atoms with E-state index in [4.69, 9.17) is 0 Å². The van der Waals surface area contributed by atoms with Crippen LogP contribution in [0.1, 0.15) is 38.7 Å². The minimum atomic E-state index is -0.589. The van der Waals surface area contributed by atoms with Crippen molar-refractivity contribution in [3.8, 4) is 0 Å². The van der Waals surface area contributed by atoms with Crippen LogP contribution < -0.4 is 0 Å². The monoisotopic (exact) mass is 335 g/mol. The van der Waals surface area contributed by atoms with Gasteiger partial charge in [0.25, 0.3) is 5.91 Å². The summed E-state index contributed by atoms with van der Waals surface area (Å²) in [5.74, 6) is -1.03. The number of rotatable bonds is 6. The van der Waals surface area contributed by atoms with Crippen molar-refractivity contribution < 1.29 is 19.1 Å². The SMILES string of the molecule is CC(C)CC(=O)C(=O)N1CCC[C@](CO)(Cc2ccccc2F)C1. The first-order valence-corrected chi connectivity index (χ1v) is 8.53. The predicted octanol–water partition coefficient (Wildman–Crippen LogP) is 2.58. The van der Waals surface area contributed by atoms with Crippen molar-refractivity contribution in [2.45, 2.75) is 39.5 Å². The van der Waals surface area contributed by atoms with E-state index >= 15 is 0 Å². The summed E-state index contributed by atoms with van der Waals surface area (Å²) >= 11 is 0. The minimum absolute atomic E-state index is 0.132. The molecule has 1 aliphatic rings. The highest BCUT2D eigenvalue weighted by molar-refractivity contribution is 6.36. The topological polar surface area (TPSA) is 57.6 Å². The molecule has 0 spiro atoms. The maximum atomic E-state index is 14.0. The van der Waals surface area contributed by atoms with Crippen LogP contribution in [0.15, 0.2) is 24.3 Å². The van der Waals surface area contributed by atoms with Gasteiger partial charge in [-0.2, -0.15) is 0 Å². The maximum Gasteiger partial charge on any atom is 0.289 e. The second-order valence-corrected chi connectivity index (χ2v) is 7.28. The van der Waals surface area contributed by atoms with E-state index in [2.05, 4.69) is 0 Å². The number of ketones is 1. The fourth-order valence-electron chi connectivity index (χ4n) is 3.39. The molecule has 1 N–H and O–H groups in total. The van der Waals surface area contributed by atoms with Crippen LogP contribution in [-0.2, 0) is 16.0 Å². The van der Waals surface area contributed by atoms with Crippen molar-refractivity contribution in [1.82, 2.24) is 4.90 Å². The zero-order valence-electron chi connectivity index (χ0n) is 14.4. The van der Waals surface area contributed by atoms with Crippen LogP contribution in [0.5, 0.6) is 0 Å². The molecule has 1 heterocycles. The molecule has 0 aromatic heterocycles. The van der Waals surface area contributed by atoms with Gasteiger partial charge in [0.15, 0.2) is 0 Å². The van der Waals surface area contributed by atoms with Gasteiger partial charge in [-0.1, -0.05) is 32.0 Å². The molecular formula is C19H26FNO3. The van der Waals surface area contributed by atoms with Gasteiger partial charge in [0.05, 0.1) is 6.61 Å². The molecule has 1 aliphatic heterocycles. The third-order valence-electron chi connectivity index (χ3n) is 4.64. The van der Waals surface area contributed by atoms with Gasteiger partial charge < -0.3 is 10.0 Å². The number of amides is 1. The quantitative estimate of drug-likeness (QED) is 0.813. The molecule has 1 aromatic carbocycles. The van der Waals surface area contributed by atoms with Crippen LogP contribution in [0.4, 0.5) is 4.39 Å². The summed E-state index contributed by atoms with van der Waals surface area (Å²) in [6, 6.07) is 6.50. The van der Waals surface area contributed by atoms with Gasteiger partial charge in [-0.15, -0.1) is 0 Å². The Balaban J connectivity index is 2.12. The highest BCUT2D eigenvalue weighted by Gasteiger charge is 2.38. The number of nitrogens with zero attached hydrogens (tertiary/aromatic N) is 1. The van der Waals surface area contributed by atoms with E-state index in [1.165, 1.54) is 11.0 Å². The second-order valence-electron chi connectivity index (χ2n) is 7.28. The largest absolute Gasteiger partial charge is 0.396 e. The van der Waals surface area contributed by atoms with Gasteiger partial charge in [0, 0.05) is 24.9 Å². The van der Waals surface area contributed by atoms with E-state index in [0.717, 1.165) is 0 Å². The highest BCUT2D eigenvalue weighted by atomic mass is 19.1. The van der Waals surface area contributed by atoms with E-state index in [1.54, 1.807) is 18.2 Å². The van der Waals surface area contributed by atoms with Crippen molar-refractivity contribution in [1.29, 1.82) is 0 Å². The van der Waals surface area contributed by atoms with E-state index in [1.807, 2.05) is 13.8 Å². The molecule has 24 heavy (non-hydrogen) atoms. The van der Waals surface area contributed by atoms with Crippen molar-refractivity contribution in [2.75, 3.05) is 19.7 Å². The van der Waals surface area contributed by atoms with Crippen LogP contribution in [-0.4, -0.2) is 41.4 Å². The number of aliphatic hydroxyl groups excluding tert-OH is 1. The Kier molecular flexibility index (Phi) is 6.10. The molecule has 0 bridgehead atoms. The molecular weight excluding hydrogens is 309 g/mol. The summed E-state index contributed by atoms with van der Waals surface area (Å²) in [6.07, 6.45) is 2.00. The second kappa shape index (κ2) is 7.88. The van der Waals surface area contributed by atoms with E-state index in [9.17, 15) is 19.1 Å². The van der Waals surface area contributed by atoms with Crippen molar-refractivity contribution in [3.63, 3.8) is 0 Å². The van der Waals surface area contributed by atoms with Crippen LogP contribution in [0.2, 0.25) is 0 Å². The highest BCUT2D eigenvalue weighted by Crippen LogP contribution is 2.34. The number of halogens is 1. The number of Topliss-reactive ketones (excluding diaryl/α,β-unsaturated/α-hetero) is 1. The third kappa shape index (κ3) is 4.41. The van der Waals surface area contributed by atoms with Gasteiger partial charge >= 0.3 is 0 Å². The van der Waals surface area contributed by atoms with Crippen LogP contribution >= 0.6 is 0 Å². The molecule has 2 rings (SSSR count). The molecule has 1 atom stereocenters. The molecule has 1 fully saturated rings. The lowest BCUT2D eigenvalue weighted by Crippen LogP contribution is -2.50. The van der Waals surface area contributed by atoms with E-state index < -0.39 is 11.3 Å². The number of piperidine rings is 1. The van der Waals surface area contributed by atoms with Gasteiger partial charge in [-0.25, -0.2) is 4.39 Å². The number of hydrogen-bond acceptors (Lipinski definition) is 3. The van der Waals surface area contributed by atoms with Gasteiger partial charge in [-0.05, 0) is 36.8 Å².